The number of esters is 2. The van der Waals surface area contributed by atoms with Gasteiger partial charge in [0.1, 0.15) is 18.6 Å². The molecule has 0 heterocycles. The summed E-state index contributed by atoms with van der Waals surface area (Å²) in [5.41, 5.74) is -0.846. The standard InChI is InChI=1S/C19H30N2O10S/c1-5-11-30-17(25)8-10-21(16(24)13-18(26)31-19(2,3)4)15(23)7-6-14(22)20-9-12-32(27,28)29/h5H,1,6-13H2,2-4H3,(H,20,22)(H,27,28,29). The predicted molar refractivity (Wildman–Crippen MR) is 112 cm³/mol. The van der Waals surface area contributed by atoms with Crippen LogP contribution in [0, 0.1) is 0 Å². The zero-order valence-electron chi connectivity index (χ0n) is 18.4. The average Bonchev–Trinajstić information content (AvgIpc) is 2.62. The summed E-state index contributed by atoms with van der Waals surface area (Å²) in [5.74, 6) is -4.67. The van der Waals surface area contributed by atoms with Crippen LogP contribution in [-0.2, 0) is 43.6 Å². The van der Waals surface area contributed by atoms with Crippen molar-refractivity contribution < 1.29 is 46.4 Å². The number of imide groups is 1. The van der Waals surface area contributed by atoms with Crippen LogP contribution in [0.2, 0.25) is 0 Å². The molecule has 2 N–H and O–H groups in total. The van der Waals surface area contributed by atoms with Gasteiger partial charge in [-0.05, 0) is 20.8 Å². The molecule has 13 heteroatoms. The summed E-state index contributed by atoms with van der Waals surface area (Å²) < 4.78 is 39.7. The fourth-order valence-corrected chi connectivity index (χ4v) is 2.54. The normalized spacial score (nSPS) is 11.2. The summed E-state index contributed by atoms with van der Waals surface area (Å²) in [6.45, 7) is 7.42. The lowest BCUT2D eigenvalue weighted by Crippen LogP contribution is -2.41. The van der Waals surface area contributed by atoms with Crippen molar-refractivity contribution in [2.24, 2.45) is 0 Å². The van der Waals surface area contributed by atoms with Gasteiger partial charge in [-0.3, -0.25) is 33.4 Å². The molecule has 0 aliphatic carbocycles. The van der Waals surface area contributed by atoms with Crippen molar-refractivity contribution in [1.29, 1.82) is 0 Å². The van der Waals surface area contributed by atoms with Gasteiger partial charge in [-0.15, -0.1) is 0 Å². The van der Waals surface area contributed by atoms with Crippen molar-refractivity contribution >= 4 is 39.8 Å². The van der Waals surface area contributed by atoms with E-state index >= 15 is 0 Å². The molecular weight excluding hydrogens is 448 g/mol. The Morgan fingerprint density at radius 2 is 1.66 bits per heavy atom. The quantitative estimate of drug-likeness (QED) is 0.158. The first-order chi connectivity index (χ1) is 14.6. The van der Waals surface area contributed by atoms with Crippen LogP contribution in [0.1, 0.15) is 46.5 Å². The van der Waals surface area contributed by atoms with E-state index < -0.39 is 64.0 Å². The number of carbonyl (C=O) groups excluding carboxylic acids is 5. The average molecular weight is 479 g/mol. The third kappa shape index (κ3) is 15.1. The molecule has 0 fully saturated rings. The fraction of sp³-hybridized carbons (Fsp3) is 0.632. The van der Waals surface area contributed by atoms with Crippen LogP contribution >= 0.6 is 0 Å². The molecule has 0 saturated heterocycles. The Bertz CT molecular complexity index is 814. The van der Waals surface area contributed by atoms with E-state index in [2.05, 4.69) is 11.9 Å². The maximum absolute atomic E-state index is 12.5. The highest BCUT2D eigenvalue weighted by molar-refractivity contribution is 7.85. The molecule has 0 aromatic heterocycles. The molecule has 0 unspecified atom stereocenters. The van der Waals surface area contributed by atoms with Crippen molar-refractivity contribution in [1.82, 2.24) is 10.2 Å². The molecule has 0 aromatic carbocycles. The summed E-state index contributed by atoms with van der Waals surface area (Å²) in [7, 11) is -4.25. The summed E-state index contributed by atoms with van der Waals surface area (Å²) in [4.78, 5) is 61.0. The lowest BCUT2D eigenvalue weighted by atomic mass is 10.2. The molecule has 0 spiro atoms. The first-order valence-electron chi connectivity index (χ1n) is 9.68. The zero-order valence-corrected chi connectivity index (χ0v) is 19.2. The molecule has 0 rings (SSSR count). The number of nitrogens with one attached hydrogen (secondary N) is 1. The molecule has 0 radical (unpaired) electrons. The van der Waals surface area contributed by atoms with Gasteiger partial charge in [-0.1, -0.05) is 12.7 Å². The Labute approximate surface area is 187 Å². The molecule has 0 atom stereocenters. The van der Waals surface area contributed by atoms with Gasteiger partial charge in [0.2, 0.25) is 17.7 Å². The van der Waals surface area contributed by atoms with Crippen LogP contribution < -0.4 is 5.32 Å². The minimum Gasteiger partial charge on any atom is -0.461 e. The number of ether oxygens (including phenoxy) is 2. The SMILES string of the molecule is C=CCOC(=O)CCN(C(=O)CCC(=O)NCCS(=O)(=O)O)C(=O)CC(=O)OC(C)(C)C. The van der Waals surface area contributed by atoms with Crippen molar-refractivity contribution in [2.75, 3.05) is 25.4 Å². The van der Waals surface area contributed by atoms with Gasteiger partial charge in [0, 0.05) is 25.9 Å². The van der Waals surface area contributed by atoms with Gasteiger partial charge in [-0.2, -0.15) is 8.42 Å². The number of amides is 3. The van der Waals surface area contributed by atoms with Crippen LogP contribution in [0.3, 0.4) is 0 Å². The van der Waals surface area contributed by atoms with E-state index in [1.807, 2.05) is 0 Å². The Kier molecular flexibility index (Phi) is 12.4. The Morgan fingerprint density at radius 3 is 2.19 bits per heavy atom. The molecule has 3 amide bonds. The second-order valence-electron chi connectivity index (χ2n) is 7.56. The molecule has 0 aliphatic rings. The van der Waals surface area contributed by atoms with Gasteiger partial charge in [0.05, 0.1) is 12.2 Å². The molecule has 0 aliphatic heterocycles. The minimum absolute atomic E-state index is 0.0532. The van der Waals surface area contributed by atoms with Crippen LogP contribution in [0.4, 0.5) is 0 Å². The Balaban J connectivity index is 4.99. The van der Waals surface area contributed by atoms with E-state index in [-0.39, 0.29) is 32.5 Å². The van der Waals surface area contributed by atoms with Crippen molar-refractivity contribution in [3.8, 4) is 0 Å². The van der Waals surface area contributed by atoms with E-state index in [9.17, 15) is 32.4 Å². The van der Waals surface area contributed by atoms with Gasteiger partial charge >= 0.3 is 11.9 Å². The van der Waals surface area contributed by atoms with E-state index in [0.717, 1.165) is 0 Å². The molecule has 12 nitrogen and oxygen atoms in total. The smallest absolute Gasteiger partial charge is 0.315 e. The van der Waals surface area contributed by atoms with E-state index in [1.54, 1.807) is 20.8 Å². The number of rotatable bonds is 13. The van der Waals surface area contributed by atoms with Crippen molar-refractivity contribution in [3.05, 3.63) is 12.7 Å². The predicted octanol–water partition coefficient (Wildman–Crippen LogP) is -0.0231. The largest absolute Gasteiger partial charge is 0.461 e. The molecule has 182 valence electrons. The third-order valence-electron chi connectivity index (χ3n) is 3.47. The lowest BCUT2D eigenvalue weighted by molar-refractivity contribution is -0.159. The van der Waals surface area contributed by atoms with Gasteiger partial charge < -0.3 is 14.8 Å². The summed E-state index contributed by atoms with van der Waals surface area (Å²) in [6.07, 6.45) is -0.568. The maximum Gasteiger partial charge on any atom is 0.315 e. The minimum atomic E-state index is -4.25. The van der Waals surface area contributed by atoms with Gasteiger partial charge in [0.15, 0.2) is 0 Å². The molecule has 0 saturated carbocycles. The van der Waals surface area contributed by atoms with E-state index in [0.29, 0.717) is 4.90 Å². The van der Waals surface area contributed by atoms with E-state index in [4.69, 9.17) is 14.0 Å². The van der Waals surface area contributed by atoms with Crippen molar-refractivity contribution in [3.63, 3.8) is 0 Å². The summed E-state index contributed by atoms with van der Waals surface area (Å²) >= 11 is 0. The first kappa shape index (κ1) is 29.2. The van der Waals surface area contributed by atoms with Crippen LogP contribution in [-0.4, -0.2) is 78.6 Å². The molecule has 32 heavy (non-hydrogen) atoms. The Morgan fingerprint density at radius 1 is 1.03 bits per heavy atom. The number of hydrogen-bond acceptors (Lipinski definition) is 9. The third-order valence-corrected chi connectivity index (χ3v) is 4.19. The topological polar surface area (TPSA) is 173 Å². The second-order valence-corrected chi connectivity index (χ2v) is 9.13. The maximum atomic E-state index is 12.5. The van der Waals surface area contributed by atoms with Crippen LogP contribution in [0.5, 0.6) is 0 Å². The highest BCUT2D eigenvalue weighted by atomic mass is 32.2. The van der Waals surface area contributed by atoms with Gasteiger partial charge in [0.25, 0.3) is 10.1 Å². The first-order valence-corrected chi connectivity index (χ1v) is 11.3. The van der Waals surface area contributed by atoms with Crippen molar-refractivity contribution in [2.45, 2.75) is 52.1 Å². The molecule has 0 bridgehead atoms. The summed E-state index contributed by atoms with van der Waals surface area (Å²) in [5, 5.41) is 2.20. The second kappa shape index (κ2) is 13.6. The number of carbonyl (C=O) groups is 5. The zero-order chi connectivity index (χ0) is 24.9. The van der Waals surface area contributed by atoms with Gasteiger partial charge in [-0.25, -0.2) is 0 Å². The summed E-state index contributed by atoms with van der Waals surface area (Å²) in [6, 6.07) is 0. The number of nitrogens with zero attached hydrogens (tertiary/aromatic N) is 1. The number of hydrogen-bond donors (Lipinski definition) is 2. The highest BCUT2D eigenvalue weighted by Crippen LogP contribution is 2.10. The highest BCUT2D eigenvalue weighted by Gasteiger charge is 2.27. The fourth-order valence-electron chi connectivity index (χ4n) is 2.18. The lowest BCUT2D eigenvalue weighted by Gasteiger charge is -2.22. The monoisotopic (exact) mass is 478 g/mol. The molecular formula is C19H30N2O10S. The molecule has 0 aromatic rings. The van der Waals surface area contributed by atoms with E-state index in [1.165, 1.54) is 6.08 Å². The Hall–Kier alpha value is -2.80. The van der Waals surface area contributed by atoms with Crippen LogP contribution in [0.15, 0.2) is 12.7 Å². The van der Waals surface area contributed by atoms with Crippen LogP contribution in [0.25, 0.3) is 0 Å².